The molecule has 0 aromatic heterocycles. The van der Waals surface area contributed by atoms with E-state index in [1.807, 2.05) is 26.0 Å². The highest BCUT2D eigenvalue weighted by atomic mass is 16.5. The Morgan fingerprint density at radius 3 is 2.56 bits per heavy atom. The molecule has 0 saturated carbocycles. The number of fused-ring (bicyclic) bond motifs is 1. The van der Waals surface area contributed by atoms with E-state index < -0.39 is 5.60 Å². The van der Waals surface area contributed by atoms with Crippen molar-refractivity contribution in [1.82, 2.24) is 4.90 Å². The minimum atomic E-state index is -0.422. The SMILES string of the molecule is C=CC(=CC/C=C(\C)C1=CC(CC)(CCCN)Oc2ccc(O)cc21)C(=O)N(CC)CC. The van der Waals surface area contributed by atoms with Gasteiger partial charge in [0.1, 0.15) is 17.1 Å². The minimum absolute atomic E-state index is 0.00314. The monoisotopic (exact) mass is 438 g/mol. The van der Waals surface area contributed by atoms with Crippen LogP contribution in [0.15, 0.2) is 60.2 Å². The van der Waals surface area contributed by atoms with Crippen molar-refractivity contribution in [2.24, 2.45) is 5.73 Å². The molecule has 1 unspecified atom stereocenters. The van der Waals surface area contributed by atoms with Crippen molar-refractivity contribution in [3.05, 3.63) is 65.8 Å². The minimum Gasteiger partial charge on any atom is -0.508 e. The van der Waals surface area contributed by atoms with Gasteiger partial charge < -0.3 is 20.5 Å². The predicted molar refractivity (Wildman–Crippen MR) is 133 cm³/mol. The molecule has 3 N–H and O–H groups in total. The largest absolute Gasteiger partial charge is 0.508 e. The number of aromatic hydroxyl groups is 1. The quantitative estimate of drug-likeness (QED) is 0.360. The van der Waals surface area contributed by atoms with E-state index in [0.717, 1.165) is 41.7 Å². The number of likely N-dealkylation sites (N-methyl/N-ethyl adjacent to an activating group) is 1. The number of carbonyl (C=O) groups excluding carboxylic acids is 1. The van der Waals surface area contributed by atoms with Crippen LogP contribution in [0.25, 0.3) is 5.57 Å². The Hall–Kier alpha value is -2.79. The van der Waals surface area contributed by atoms with E-state index in [2.05, 4.69) is 32.6 Å². The maximum atomic E-state index is 12.6. The average Bonchev–Trinajstić information content (AvgIpc) is 2.80. The smallest absolute Gasteiger partial charge is 0.253 e. The van der Waals surface area contributed by atoms with Crippen molar-refractivity contribution >= 4 is 11.5 Å². The van der Waals surface area contributed by atoms with E-state index in [1.165, 1.54) is 0 Å². The first-order valence-corrected chi connectivity index (χ1v) is 11.6. The number of rotatable bonds is 11. The Morgan fingerprint density at radius 2 is 1.97 bits per heavy atom. The molecule has 5 heteroatoms. The first kappa shape index (κ1) is 25.5. The summed E-state index contributed by atoms with van der Waals surface area (Å²) in [5.74, 6) is 0.977. The Balaban J connectivity index is 2.39. The summed E-state index contributed by atoms with van der Waals surface area (Å²) < 4.78 is 6.40. The van der Waals surface area contributed by atoms with Crippen molar-refractivity contribution in [2.45, 2.75) is 59.0 Å². The summed E-state index contributed by atoms with van der Waals surface area (Å²) in [7, 11) is 0. The molecule has 5 nitrogen and oxygen atoms in total. The lowest BCUT2D eigenvalue weighted by Gasteiger charge is -2.37. The molecule has 1 aliphatic heterocycles. The van der Waals surface area contributed by atoms with Gasteiger partial charge in [-0.05, 0) is 88.4 Å². The third-order valence-electron chi connectivity index (χ3n) is 6.08. The maximum absolute atomic E-state index is 12.6. The van der Waals surface area contributed by atoms with Gasteiger partial charge in [0.25, 0.3) is 5.91 Å². The summed E-state index contributed by atoms with van der Waals surface area (Å²) in [6.07, 6.45) is 10.9. The van der Waals surface area contributed by atoms with Gasteiger partial charge in [0.2, 0.25) is 0 Å². The normalized spacial score (nSPS) is 18.5. The Kier molecular flexibility index (Phi) is 9.33. The van der Waals surface area contributed by atoms with E-state index in [1.54, 1.807) is 23.1 Å². The van der Waals surface area contributed by atoms with Crippen LogP contribution in [0.3, 0.4) is 0 Å². The van der Waals surface area contributed by atoms with Crippen molar-refractivity contribution in [3.8, 4) is 11.5 Å². The summed E-state index contributed by atoms with van der Waals surface area (Å²) in [4.78, 5) is 14.4. The fourth-order valence-corrected chi connectivity index (χ4v) is 4.03. The molecule has 0 saturated heterocycles. The zero-order chi connectivity index (χ0) is 23.7. The molecule has 1 atom stereocenters. The van der Waals surface area contributed by atoms with Crippen LogP contribution in [0.4, 0.5) is 0 Å². The number of phenolic OH excluding ortho intramolecular Hbond substituents is 1. The summed E-state index contributed by atoms with van der Waals surface area (Å²) in [5.41, 5.74) is 8.96. The van der Waals surface area contributed by atoms with Gasteiger partial charge in [0, 0.05) is 24.2 Å². The molecule has 1 aromatic rings. The van der Waals surface area contributed by atoms with E-state index >= 15 is 0 Å². The average molecular weight is 439 g/mol. The van der Waals surface area contributed by atoms with Crippen LogP contribution in [-0.4, -0.2) is 41.1 Å². The summed E-state index contributed by atoms with van der Waals surface area (Å²) in [6.45, 7) is 13.9. The fourth-order valence-electron chi connectivity index (χ4n) is 4.03. The number of nitrogens with two attached hydrogens (primary N) is 1. The van der Waals surface area contributed by atoms with Crippen LogP contribution in [0.2, 0.25) is 0 Å². The van der Waals surface area contributed by atoms with Crippen LogP contribution < -0.4 is 10.5 Å². The molecule has 0 aliphatic carbocycles. The predicted octanol–water partition coefficient (Wildman–Crippen LogP) is 5.37. The molecular weight excluding hydrogens is 400 g/mol. The van der Waals surface area contributed by atoms with Gasteiger partial charge in [-0.3, -0.25) is 4.79 Å². The number of amides is 1. The van der Waals surface area contributed by atoms with Crippen LogP contribution in [0.1, 0.15) is 58.9 Å². The number of allylic oxidation sites excluding steroid dienone is 4. The number of nitrogens with zero attached hydrogens (tertiary/aromatic N) is 1. The highest BCUT2D eigenvalue weighted by molar-refractivity contribution is 5.96. The highest BCUT2D eigenvalue weighted by Gasteiger charge is 2.34. The summed E-state index contributed by atoms with van der Waals surface area (Å²) >= 11 is 0. The van der Waals surface area contributed by atoms with Gasteiger partial charge in [0.15, 0.2) is 0 Å². The topological polar surface area (TPSA) is 75.8 Å². The van der Waals surface area contributed by atoms with Crippen molar-refractivity contribution in [3.63, 3.8) is 0 Å². The maximum Gasteiger partial charge on any atom is 0.253 e. The number of ether oxygens (including phenoxy) is 1. The summed E-state index contributed by atoms with van der Waals surface area (Å²) in [5, 5.41) is 10.1. The second-order valence-corrected chi connectivity index (χ2v) is 8.11. The number of hydrogen-bond acceptors (Lipinski definition) is 4. The number of phenols is 1. The zero-order valence-electron chi connectivity index (χ0n) is 20.0. The van der Waals surface area contributed by atoms with Crippen LogP contribution >= 0.6 is 0 Å². The van der Waals surface area contributed by atoms with Gasteiger partial charge >= 0.3 is 0 Å². The first-order valence-electron chi connectivity index (χ1n) is 11.6. The molecule has 32 heavy (non-hydrogen) atoms. The van der Waals surface area contributed by atoms with E-state index in [-0.39, 0.29) is 11.7 Å². The molecule has 2 rings (SSSR count). The molecule has 0 bridgehead atoms. The molecule has 1 amide bonds. The lowest BCUT2D eigenvalue weighted by atomic mass is 9.84. The molecular formula is C27H38N2O3. The molecule has 1 aromatic carbocycles. The molecule has 1 aliphatic rings. The molecule has 0 radical (unpaired) electrons. The second kappa shape index (κ2) is 11.7. The van der Waals surface area contributed by atoms with Crippen LogP contribution in [-0.2, 0) is 4.79 Å². The first-order chi connectivity index (χ1) is 15.3. The van der Waals surface area contributed by atoms with Gasteiger partial charge in [0.05, 0.1) is 0 Å². The zero-order valence-corrected chi connectivity index (χ0v) is 20.0. The van der Waals surface area contributed by atoms with Crippen molar-refractivity contribution in [2.75, 3.05) is 19.6 Å². The van der Waals surface area contributed by atoms with Gasteiger partial charge in [-0.25, -0.2) is 0 Å². The van der Waals surface area contributed by atoms with Gasteiger partial charge in [-0.15, -0.1) is 0 Å². The Morgan fingerprint density at radius 1 is 1.25 bits per heavy atom. The van der Waals surface area contributed by atoms with Gasteiger partial charge in [-0.1, -0.05) is 31.7 Å². The Bertz CT molecular complexity index is 909. The van der Waals surface area contributed by atoms with Crippen LogP contribution in [0, 0.1) is 0 Å². The fraction of sp³-hybridized carbons (Fsp3) is 0.444. The van der Waals surface area contributed by atoms with Gasteiger partial charge in [-0.2, -0.15) is 0 Å². The Labute approximate surface area is 192 Å². The number of hydrogen-bond donors (Lipinski definition) is 2. The number of benzene rings is 1. The summed E-state index contributed by atoms with van der Waals surface area (Å²) in [6, 6.07) is 5.23. The highest BCUT2D eigenvalue weighted by Crippen LogP contribution is 2.43. The van der Waals surface area contributed by atoms with Crippen LogP contribution in [0.5, 0.6) is 11.5 Å². The molecule has 1 heterocycles. The van der Waals surface area contributed by atoms with Crippen molar-refractivity contribution in [1.29, 1.82) is 0 Å². The third kappa shape index (κ3) is 5.92. The molecule has 174 valence electrons. The molecule has 0 fully saturated rings. The van der Waals surface area contributed by atoms with E-state index in [4.69, 9.17) is 10.5 Å². The van der Waals surface area contributed by atoms with E-state index in [0.29, 0.717) is 31.6 Å². The lowest BCUT2D eigenvalue weighted by molar-refractivity contribution is -0.126. The molecule has 0 spiro atoms. The number of carbonyl (C=O) groups is 1. The second-order valence-electron chi connectivity index (χ2n) is 8.11. The third-order valence-corrected chi connectivity index (χ3v) is 6.08. The van der Waals surface area contributed by atoms with Crippen molar-refractivity contribution < 1.29 is 14.6 Å². The standard InChI is InChI=1S/C27H38N2O3/c1-6-21(26(31)29(8-3)9-4)13-10-12-20(5)24-19-27(7-2,16-11-17-28)32-25-15-14-22(30)18-23(24)25/h6,12-15,18-19,30H,1,7-11,16-17,28H2,2-5H3/b20-12+,21-13?. The lowest BCUT2D eigenvalue weighted by Crippen LogP contribution is -2.36. The van der Waals surface area contributed by atoms with E-state index in [9.17, 15) is 9.90 Å².